The van der Waals surface area contributed by atoms with Crippen LogP contribution in [0.1, 0.15) is 6.92 Å². The summed E-state index contributed by atoms with van der Waals surface area (Å²) in [6, 6.07) is 16.4. The Hall–Kier alpha value is -3.94. The standard InChI is InChI=1S/C22H19FN2O5/c1-14(22(26)24-17-7-5-16(23)6-8-17)30-21-12-9-18(25(27)28)13-20(21)15-3-10-19(29-2)11-4-15/h3-14H,1-2H3,(H,24,26)/t14-/m1/s1. The number of methoxy groups -OCH3 is 1. The Balaban J connectivity index is 1.85. The molecule has 0 fully saturated rings. The molecule has 0 saturated carbocycles. The van der Waals surface area contributed by atoms with Crippen molar-refractivity contribution in [3.63, 3.8) is 0 Å². The van der Waals surface area contributed by atoms with E-state index in [1.165, 1.54) is 49.6 Å². The number of nitro groups is 1. The highest BCUT2D eigenvalue weighted by atomic mass is 19.1. The lowest BCUT2D eigenvalue weighted by Gasteiger charge is -2.17. The van der Waals surface area contributed by atoms with Gasteiger partial charge in [0.05, 0.1) is 12.0 Å². The number of non-ortho nitro benzene ring substituents is 1. The summed E-state index contributed by atoms with van der Waals surface area (Å²) >= 11 is 0. The maximum atomic E-state index is 13.0. The van der Waals surface area contributed by atoms with E-state index in [4.69, 9.17) is 9.47 Å². The number of halogens is 1. The molecule has 0 saturated heterocycles. The molecule has 0 aliphatic carbocycles. The maximum absolute atomic E-state index is 13.0. The monoisotopic (exact) mass is 410 g/mol. The van der Waals surface area contributed by atoms with E-state index in [1.807, 2.05) is 0 Å². The largest absolute Gasteiger partial charge is 0.497 e. The van der Waals surface area contributed by atoms with Crippen molar-refractivity contribution in [2.45, 2.75) is 13.0 Å². The minimum Gasteiger partial charge on any atom is -0.497 e. The summed E-state index contributed by atoms with van der Waals surface area (Å²) in [6.45, 7) is 1.55. The minimum absolute atomic E-state index is 0.100. The number of amides is 1. The van der Waals surface area contributed by atoms with Crippen molar-refractivity contribution in [2.24, 2.45) is 0 Å². The van der Waals surface area contributed by atoms with E-state index < -0.39 is 22.8 Å². The van der Waals surface area contributed by atoms with Gasteiger partial charge in [-0.3, -0.25) is 14.9 Å². The van der Waals surface area contributed by atoms with Gasteiger partial charge in [-0.15, -0.1) is 0 Å². The molecular weight excluding hydrogens is 391 g/mol. The van der Waals surface area contributed by atoms with Crippen LogP contribution in [0.2, 0.25) is 0 Å². The Labute approximate surface area is 172 Å². The molecule has 0 bridgehead atoms. The van der Waals surface area contributed by atoms with Crippen molar-refractivity contribution in [3.05, 3.63) is 82.7 Å². The summed E-state index contributed by atoms with van der Waals surface area (Å²) in [7, 11) is 1.54. The molecular formula is C22H19FN2O5. The molecule has 0 unspecified atom stereocenters. The van der Waals surface area contributed by atoms with Crippen molar-refractivity contribution in [1.82, 2.24) is 0 Å². The summed E-state index contributed by atoms with van der Waals surface area (Å²) in [5.74, 6) is 0.0965. The van der Waals surface area contributed by atoms with Crippen molar-refractivity contribution in [3.8, 4) is 22.6 Å². The second-order valence-electron chi connectivity index (χ2n) is 6.42. The van der Waals surface area contributed by atoms with Gasteiger partial charge in [0.25, 0.3) is 11.6 Å². The van der Waals surface area contributed by atoms with Crippen LogP contribution < -0.4 is 14.8 Å². The lowest BCUT2D eigenvalue weighted by Crippen LogP contribution is -2.30. The van der Waals surface area contributed by atoms with Crippen LogP contribution in [-0.2, 0) is 4.79 Å². The second-order valence-corrected chi connectivity index (χ2v) is 6.42. The highest BCUT2D eigenvalue weighted by molar-refractivity contribution is 5.94. The molecule has 0 aromatic heterocycles. The van der Waals surface area contributed by atoms with E-state index in [-0.39, 0.29) is 5.69 Å². The molecule has 1 atom stereocenters. The fourth-order valence-corrected chi connectivity index (χ4v) is 2.75. The van der Waals surface area contributed by atoms with Crippen LogP contribution >= 0.6 is 0 Å². The summed E-state index contributed by atoms with van der Waals surface area (Å²) in [4.78, 5) is 23.2. The lowest BCUT2D eigenvalue weighted by atomic mass is 10.0. The maximum Gasteiger partial charge on any atom is 0.270 e. The Morgan fingerprint density at radius 3 is 2.33 bits per heavy atom. The average molecular weight is 410 g/mol. The number of anilines is 1. The summed E-state index contributed by atoms with van der Waals surface area (Å²) in [5.41, 5.74) is 1.46. The molecule has 0 aliphatic rings. The van der Waals surface area contributed by atoms with E-state index in [9.17, 15) is 19.3 Å². The first kappa shape index (κ1) is 20.8. The van der Waals surface area contributed by atoms with E-state index in [2.05, 4.69) is 5.32 Å². The molecule has 1 amide bonds. The Morgan fingerprint density at radius 2 is 1.73 bits per heavy atom. The van der Waals surface area contributed by atoms with E-state index >= 15 is 0 Å². The number of benzene rings is 3. The van der Waals surface area contributed by atoms with E-state index in [0.717, 1.165) is 0 Å². The smallest absolute Gasteiger partial charge is 0.270 e. The molecule has 154 valence electrons. The van der Waals surface area contributed by atoms with E-state index in [1.54, 1.807) is 31.2 Å². The summed E-state index contributed by atoms with van der Waals surface area (Å²) in [5, 5.41) is 13.8. The van der Waals surface area contributed by atoms with Crippen LogP contribution in [0.15, 0.2) is 66.7 Å². The van der Waals surface area contributed by atoms with Crippen LogP contribution in [0.5, 0.6) is 11.5 Å². The van der Waals surface area contributed by atoms with Gasteiger partial charge in [0.1, 0.15) is 17.3 Å². The Bertz CT molecular complexity index is 1050. The van der Waals surface area contributed by atoms with Gasteiger partial charge in [-0.1, -0.05) is 12.1 Å². The van der Waals surface area contributed by atoms with Crippen molar-refractivity contribution >= 4 is 17.3 Å². The van der Waals surface area contributed by atoms with Crippen LogP contribution in [-0.4, -0.2) is 24.0 Å². The van der Waals surface area contributed by atoms with Crippen LogP contribution in [0, 0.1) is 15.9 Å². The van der Waals surface area contributed by atoms with Gasteiger partial charge in [-0.2, -0.15) is 0 Å². The zero-order valence-electron chi connectivity index (χ0n) is 16.3. The second kappa shape index (κ2) is 9.04. The number of nitro benzene ring substituents is 1. The van der Waals surface area contributed by atoms with Crippen LogP contribution in [0.4, 0.5) is 15.8 Å². The first-order valence-corrected chi connectivity index (χ1v) is 9.03. The highest BCUT2D eigenvalue weighted by Crippen LogP contribution is 2.35. The van der Waals surface area contributed by atoms with Gasteiger partial charge in [0.15, 0.2) is 6.10 Å². The summed E-state index contributed by atoms with van der Waals surface area (Å²) < 4.78 is 24.0. The lowest BCUT2D eigenvalue weighted by molar-refractivity contribution is -0.384. The van der Waals surface area contributed by atoms with Crippen LogP contribution in [0.3, 0.4) is 0 Å². The molecule has 1 N–H and O–H groups in total. The molecule has 30 heavy (non-hydrogen) atoms. The van der Waals surface area contributed by atoms with Gasteiger partial charge in [0.2, 0.25) is 0 Å². The SMILES string of the molecule is COc1ccc(-c2cc([N+](=O)[O-])ccc2O[C@H](C)C(=O)Nc2ccc(F)cc2)cc1. The number of carbonyl (C=O) groups is 1. The van der Waals surface area contributed by atoms with Crippen molar-refractivity contribution in [2.75, 3.05) is 12.4 Å². The van der Waals surface area contributed by atoms with Gasteiger partial charge in [-0.05, 0) is 55.0 Å². The zero-order chi connectivity index (χ0) is 21.7. The first-order chi connectivity index (χ1) is 14.4. The molecule has 0 radical (unpaired) electrons. The molecule has 0 spiro atoms. The number of hydrogen-bond acceptors (Lipinski definition) is 5. The molecule has 8 heteroatoms. The normalized spacial score (nSPS) is 11.4. The number of nitrogens with one attached hydrogen (secondary N) is 1. The van der Waals surface area contributed by atoms with Gasteiger partial charge < -0.3 is 14.8 Å². The van der Waals surface area contributed by atoms with Gasteiger partial charge in [0, 0.05) is 23.4 Å². The molecule has 7 nitrogen and oxygen atoms in total. The molecule has 0 heterocycles. The average Bonchev–Trinajstić information content (AvgIpc) is 2.75. The topological polar surface area (TPSA) is 90.7 Å². The number of nitrogens with zero attached hydrogens (tertiary/aromatic N) is 1. The fraction of sp³-hybridized carbons (Fsp3) is 0.136. The number of hydrogen-bond donors (Lipinski definition) is 1. The van der Waals surface area contributed by atoms with Crippen LogP contribution in [0.25, 0.3) is 11.1 Å². The molecule has 3 rings (SSSR count). The quantitative estimate of drug-likeness (QED) is 0.446. The Kier molecular flexibility index (Phi) is 6.26. The predicted molar refractivity (Wildman–Crippen MR) is 110 cm³/mol. The Morgan fingerprint density at radius 1 is 1.07 bits per heavy atom. The van der Waals surface area contributed by atoms with Gasteiger partial charge >= 0.3 is 0 Å². The predicted octanol–water partition coefficient (Wildman–Crippen LogP) is 4.82. The number of rotatable bonds is 7. The van der Waals surface area contributed by atoms with Gasteiger partial charge in [-0.25, -0.2) is 4.39 Å². The fourth-order valence-electron chi connectivity index (χ4n) is 2.75. The summed E-state index contributed by atoms with van der Waals surface area (Å²) in [6.07, 6.45) is -0.909. The zero-order valence-corrected chi connectivity index (χ0v) is 16.3. The van der Waals surface area contributed by atoms with E-state index in [0.29, 0.717) is 28.3 Å². The third-order valence-corrected chi connectivity index (χ3v) is 4.36. The molecule has 3 aromatic carbocycles. The third-order valence-electron chi connectivity index (χ3n) is 4.36. The highest BCUT2D eigenvalue weighted by Gasteiger charge is 2.19. The number of carbonyl (C=O) groups excluding carboxylic acids is 1. The van der Waals surface area contributed by atoms with Crippen molar-refractivity contribution in [1.29, 1.82) is 0 Å². The first-order valence-electron chi connectivity index (χ1n) is 9.03. The molecule has 0 aliphatic heterocycles. The van der Waals surface area contributed by atoms with Crippen molar-refractivity contribution < 1.29 is 23.6 Å². The number of ether oxygens (including phenoxy) is 2. The third kappa shape index (κ3) is 4.91. The molecule has 3 aromatic rings. The minimum atomic E-state index is -0.909.